The molecule has 16 heavy (non-hydrogen) atoms. The van der Waals surface area contributed by atoms with Crippen molar-refractivity contribution in [3.63, 3.8) is 0 Å². The summed E-state index contributed by atoms with van der Waals surface area (Å²) in [4.78, 5) is 21.8. The third-order valence-electron chi connectivity index (χ3n) is 2.32. The Labute approximate surface area is 111 Å². The molecule has 0 saturated heterocycles. The van der Waals surface area contributed by atoms with Gasteiger partial charge in [-0.1, -0.05) is 13.3 Å². The standard InChI is InChI=1S/C9H10O2.C4H9.Li/c1-2-3-7-4-5-8(10)6-9(7)11;1-3-4-2;/h1,7H,3-6H2;1,3-4H2,2H3;/q;-1;+1. The number of ketones is 2. The van der Waals surface area contributed by atoms with Crippen molar-refractivity contribution >= 4 is 11.6 Å². The molecular weight excluding hydrogens is 195 g/mol. The van der Waals surface area contributed by atoms with Crippen molar-refractivity contribution in [3.05, 3.63) is 6.92 Å². The predicted octanol–water partition coefficient (Wildman–Crippen LogP) is -0.427. The molecule has 0 bridgehead atoms. The number of carbonyl (C=O) groups excluding carboxylic acids is 2. The average molecular weight is 214 g/mol. The Hall–Kier alpha value is -0.503. The Bertz CT molecular complexity index is 251. The fourth-order valence-corrected chi connectivity index (χ4v) is 1.28. The van der Waals surface area contributed by atoms with Crippen molar-refractivity contribution in [3.8, 4) is 12.3 Å². The van der Waals surface area contributed by atoms with Gasteiger partial charge in [0.15, 0.2) is 0 Å². The second-order valence-corrected chi connectivity index (χ2v) is 3.68. The fourth-order valence-electron chi connectivity index (χ4n) is 1.28. The largest absolute Gasteiger partial charge is 1.00 e. The minimum absolute atomic E-state index is 0. The van der Waals surface area contributed by atoms with Gasteiger partial charge < -0.3 is 6.92 Å². The molecule has 1 aliphatic carbocycles. The summed E-state index contributed by atoms with van der Waals surface area (Å²) in [6, 6.07) is 0. The van der Waals surface area contributed by atoms with Crippen LogP contribution in [0, 0.1) is 25.2 Å². The summed E-state index contributed by atoms with van der Waals surface area (Å²) in [7, 11) is 0. The molecule has 0 aromatic rings. The monoisotopic (exact) mass is 214 g/mol. The first kappa shape index (κ1) is 17.9. The van der Waals surface area contributed by atoms with Crippen LogP contribution >= 0.6 is 0 Å². The molecule has 0 aromatic heterocycles. The molecular formula is C13H19LiO2. The smallest absolute Gasteiger partial charge is 0.343 e. The van der Waals surface area contributed by atoms with Crippen LogP contribution in [0.3, 0.4) is 0 Å². The molecule has 0 amide bonds. The van der Waals surface area contributed by atoms with Crippen LogP contribution in [-0.2, 0) is 9.59 Å². The first-order chi connectivity index (χ1) is 7.15. The normalized spacial score (nSPS) is 18.9. The van der Waals surface area contributed by atoms with Crippen molar-refractivity contribution in [1.82, 2.24) is 0 Å². The predicted molar refractivity (Wildman–Crippen MR) is 61.1 cm³/mol. The number of hydrogen-bond acceptors (Lipinski definition) is 2. The van der Waals surface area contributed by atoms with Gasteiger partial charge in [0.05, 0.1) is 6.42 Å². The van der Waals surface area contributed by atoms with Crippen LogP contribution < -0.4 is 18.9 Å². The van der Waals surface area contributed by atoms with E-state index in [9.17, 15) is 9.59 Å². The van der Waals surface area contributed by atoms with Gasteiger partial charge in [-0.3, -0.25) is 9.59 Å². The van der Waals surface area contributed by atoms with Crippen LogP contribution in [-0.4, -0.2) is 11.6 Å². The van der Waals surface area contributed by atoms with E-state index in [-0.39, 0.29) is 42.8 Å². The van der Waals surface area contributed by atoms with E-state index in [0.29, 0.717) is 19.3 Å². The summed E-state index contributed by atoms with van der Waals surface area (Å²) in [5.74, 6) is 2.49. The summed E-state index contributed by atoms with van der Waals surface area (Å²) in [5.41, 5.74) is 0. The van der Waals surface area contributed by atoms with E-state index in [0.717, 1.165) is 6.42 Å². The number of unbranched alkanes of at least 4 members (excludes halogenated alkanes) is 1. The van der Waals surface area contributed by atoms with Crippen LogP contribution in [0.1, 0.15) is 45.4 Å². The summed E-state index contributed by atoms with van der Waals surface area (Å²) in [5, 5.41) is 0. The SMILES string of the molecule is C#CCC1CCC(=O)CC1=O.[CH2-]CCC.[Li+]. The summed E-state index contributed by atoms with van der Waals surface area (Å²) in [6.07, 6.45) is 9.12. The molecule has 1 unspecified atom stereocenters. The Morgan fingerprint density at radius 1 is 1.50 bits per heavy atom. The van der Waals surface area contributed by atoms with Crippen LogP contribution in [0.25, 0.3) is 0 Å². The van der Waals surface area contributed by atoms with Gasteiger partial charge in [0.25, 0.3) is 0 Å². The topological polar surface area (TPSA) is 34.1 Å². The van der Waals surface area contributed by atoms with E-state index in [1.807, 2.05) is 0 Å². The van der Waals surface area contributed by atoms with Gasteiger partial charge in [0, 0.05) is 18.8 Å². The van der Waals surface area contributed by atoms with Crippen molar-refractivity contribution in [2.75, 3.05) is 0 Å². The Balaban J connectivity index is 0. The number of Topliss-reactive ketones (excluding diaryl/α,β-unsaturated/α-hetero) is 2. The van der Waals surface area contributed by atoms with E-state index >= 15 is 0 Å². The van der Waals surface area contributed by atoms with Crippen LogP contribution in [0.2, 0.25) is 0 Å². The van der Waals surface area contributed by atoms with Gasteiger partial charge >= 0.3 is 18.9 Å². The minimum atomic E-state index is -0.0438. The van der Waals surface area contributed by atoms with Crippen molar-refractivity contribution < 1.29 is 28.4 Å². The van der Waals surface area contributed by atoms with Crippen LogP contribution in [0.5, 0.6) is 0 Å². The third kappa shape index (κ3) is 7.75. The Morgan fingerprint density at radius 2 is 2.06 bits per heavy atom. The zero-order chi connectivity index (χ0) is 11.7. The maximum absolute atomic E-state index is 11.1. The summed E-state index contributed by atoms with van der Waals surface area (Å²) < 4.78 is 0. The number of carbonyl (C=O) groups is 2. The van der Waals surface area contributed by atoms with E-state index in [1.165, 1.54) is 6.42 Å². The van der Waals surface area contributed by atoms with Crippen LogP contribution in [0.15, 0.2) is 0 Å². The molecule has 0 aromatic carbocycles. The van der Waals surface area contributed by atoms with Crippen molar-refractivity contribution in [2.45, 2.75) is 45.4 Å². The molecule has 1 aliphatic rings. The van der Waals surface area contributed by atoms with E-state index in [1.54, 1.807) is 0 Å². The summed E-state index contributed by atoms with van der Waals surface area (Å²) >= 11 is 0. The van der Waals surface area contributed by atoms with Gasteiger partial charge in [-0.2, -0.15) is 6.42 Å². The fraction of sp³-hybridized carbons (Fsp3) is 0.615. The van der Waals surface area contributed by atoms with Crippen molar-refractivity contribution in [2.24, 2.45) is 5.92 Å². The molecule has 0 heterocycles. The molecule has 84 valence electrons. The second-order valence-electron chi connectivity index (χ2n) is 3.68. The van der Waals surface area contributed by atoms with Crippen LogP contribution in [0.4, 0.5) is 0 Å². The zero-order valence-corrected chi connectivity index (χ0v) is 10.4. The van der Waals surface area contributed by atoms with Gasteiger partial charge in [-0.05, 0) is 6.42 Å². The van der Waals surface area contributed by atoms with Gasteiger partial charge in [-0.15, -0.1) is 12.3 Å². The van der Waals surface area contributed by atoms with E-state index in [4.69, 9.17) is 6.42 Å². The average Bonchev–Trinajstić information content (AvgIpc) is 2.23. The quantitative estimate of drug-likeness (QED) is 0.270. The molecule has 2 nitrogen and oxygen atoms in total. The van der Waals surface area contributed by atoms with Gasteiger partial charge in [0.2, 0.25) is 0 Å². The number of terminal acetylenes is 1. The third-order valence-corrected chi connectivity index (χ3v) is 2.32. The molecule has 0 spiro atoms. The van der Waals surface area contributed by atoms with E-state index in [2.05, 4.69) is 19.8 Å². The molecule has 0 radical (unpaired) electrons. The first-order valence-electron chi connectivity index (χ1n) is 5.42. The number of hydrogen-bond donors (Lipinski definition) is 0. The molecule has 1 atom stereocenters. The number of rotatable bonds is 2. The van der Waals surface area contributed by atoms with Gasteiger partial charge in [0.1, 0.15) is 11.6 Å². The molecule has 1 fully saturated rings. The molecule has 0 aliphatic heterocycles. The molecule has 1 saturated carbocycles. The first-order valence-corrected chi connectivity index (χ1v) is 5.42. The zero-order valence-electron chi connectivity index (χ0n) is 10.4. The molecule has 0 N–H and O–H groups in total. The van der Waals surface area contributed by atoms with E-state index < -0.39 is 0 Å². The molecule has 3 heteroatoms. The van der Waals surface area contributed by atoms with Crippen molar-refractivity contribution in [1.29, 1.82) is 0 Å². The molecule has 1 rings (SSSR count). The summed E-state index contributed by atoms with van der Waals surface area (Å²) in [6.45, 7) is 5.72. The van der Waals surface area contributed by atoms with Gasteiger partial charge in [-0.25, -0.2) is 0 Å². The maximum Gasteiger partial charge on any atom is 1.00 e. The minimum Gasteiger partial charge on any atom is -0.343 e. The Kier molecular flexibility index (Phi) is 12.3. The second kappa shape index (κ2) is 11.0. The Morgan fingerprint density at radius 3 is 2.44 bits per heavy atom. The maximum atomic E-state index is 11.1.